The van der Waals surface area contributed by atoms with E-state index in [-0.39, 0.29) is 5.56 Å². The van der Waals surface area contributed by atoms with Gasteiger partial charge in [-0.1, -0.05) is 25.1 Å². The summed E-state index contributed by atoms with van der Waals surface area (Å²) in [7, 11) is 0. The number of carbonyl (C=O) groups is 1. The molecule has 0 atom stereocenters. The minimum absolute atomic E-state index is 0.271. The van der Waals surface area contributed by atoms with Gasteiger partial charge in [-0.05, 0) is 43.2 Å². The Balaban J connectivity index is 2.30. The maximum Gasteiger partial charge on any atom is 0.337 e. The Morgan fingerprint density at radius 1 is 1.19 bits per heavy atom. The summed E-state index contributed by atoms with van der Waals surface area (Å²) < 4.78 is 1.90. The zero-order chi connectivity index (χ0) is 15.0. The van der Waals surface area contributed by atoms with Gasteiger partial charge >= 0.3 is 5.97 Å². The van der Waals surface area contributed by atoms with Gasteiger partial charge in [0.15, 0.2) is 0 Å². The van der Waals surface area contributed by atoms with E-state index < -0.39 is 5.97 Å². The summed E-state index contributed by atoms with van der Waals surface area (Å²) in [5, 5.41) is 9.40. The lowest BCUT2D eigenvalue weighted by atomic mass is 10.1. The molecule has 4 heteroatoms. The fourth-order valence-electron chi connectivity index (χ4n) is 2.61. The van der Waals surface area contributed by atoms with Crippen LogP contribution in [0.4, 0.5) is 0 Å². The molecule has 3 rings (SSSR count). The van der Waals surface area contributed by atoms with E-state index in [2.05, 4.69) is 24.0 Å². The number of aromatic carboxylic acids is 1. The highest BCUT2D eigenvalue weighted by Crippen LogP contribution is 2.25. The van der Waals surface area contributed by atoms with Crippen LogP contribution >= 0.6 is 0 Å². The van der Waals surface area contributed by atoms with Crippen LogP contribution in [-0.2, 0) is 6.42 Å². The molecule has 0 fully saturated rings. The van der Waals surface area contributed by atoms with Gasteiger partial charge in [-0.2, -0.15) is 0 Å². The van der Waals surface area contributed by atoms with Crippen molar-refractivity contribution in [3.05, 3.63) is 59.4 Å². The molecule has 0 spiro atoms. The molecule has 3 aromatic rings. The summed E-state index contributed by atoms with van der Waals surface area (Å²) in [5.41, 5.74) is 3.80. The van der Waals surface area contributed by atoms with E-state index in [9.17, 15) is 9.90 Å². The lowest BCUT2D eigenvalue weighted by molar-refractivity contribution is 0.0698. The van der Waals surface area contributed by atoms with Crippen LogP contribution in [0.1, 0.15) is 28.7 Å². The van der Waals surface area contributed by atoms with Crippen molar-refractivity contribution in [2.45, 2.75) is 20.3 Å². The molecule has 0 unspecified atom stereocenters. The standard InChI is InChI=1S/C17H16N2O2/c1-3-12-7-9-13(10-8-12)19-11(2)18-15-6-4-5-14(16(15)19)17(20)21/h4-10H,3H2,1-2H3,(H,20,21). The van der Waals surface area contributed by atoms with Crippen LogP contribution in [0.2, 0.25) is 0 Å². The number of para-hydroxylation sites is 1. The lowest BCUT2D eigenvalue weighted by Crippen LogP contribution is -2.03. The van der Waals surface area contributed by atoms with E-state index in [1.54, 1.807) is 12.1 Å². The van der Waals surface area contributed by atoms with Crippen LogP contribution in [0, 0.1) is 6.92 Å². The number of hydrogen-bond donors (Lipinski definition) is 1. The molecule has 0 saturated heterocycles. The molecule has 4 nitrogen and oxygen atoms in total. The second-order valence-electron chi connectivity index (χ2n) is 4.99. The molecule has 106 valence electrons. The Labute approximate surface area is 122 Å². The van der Waals surface area contributed by atoms with E-state index in [1.807, 2.05) is 29.7 Å². The molecule has 0 radical (unpaired) electrons. The van der Waals surface area contributed by atoms with Crippen LogP contribution in [-0.4, -0.2) is 20.6 Å². The quantitative estimate of drug-likeness (QED) is 0.797. The Morgan fingerprint density at radius 3 is 2.52 bits per heavy atom. The first kappa shape index (κ1) is 13.4. The number of fused-ring (bicyclic) bond motifs is 1. The highest BCUT2D eigenvalue weighted by Gasteiger charge is 2.16. The van der Waals surface area contributed by atoms with Gasteiger partial charge in [-0.25, -0.2) is 9.78 Å². The molecule has 0 aliphatic heterocycles. The number of aryl methyl sites for hydroxylation is 2. The molecule has 21 heavy (non-hydrogen) atoms. The highest BCUT2D eigenvalue weighted by atomic mass is 16.4. The largest absolute Gasteiger partial charge is 0.478 e. The van der Waals surface area contributed by atoms with E-state index in [4.69, 9.17) is 0 Å². The van der Waals surface area contributed by atoms with Gasteiger partial charge in [0, 0.05) is 5.69 Å². The highest BCUT2D eigenvalue weighted by molar-refractivity contribution is 6.01. The van der Waals surface area contributed by atoms with Crippen LogP contribution in [0.3, 0.4) is 0 Å². The number of aromatic nitrogens is 2. The van der Waals surface area contributed by atoms with Crippen molar-refractivity contribution in [3.8, 4) is 5.69 Å². The first-order valence-corrected chi connectivity index (χ1v) is 6.92. The van der Waals surface area contributed by atoms with Gasteiger partial charge in [0.05, 0.1) is 16.6 Å². The van der Waals surface area contributed by atoms with Crippen molar-refractivity contribution in [2.24, 2.45) is 0 Å². The van der Waals surface area contributed by atoms with E-state index in [1.165, 1.54) is 5.56 Å². The maximum absolute atomic E-state index is 11.5. The number of hydrogen-bond acceptors (Lipinski definition) is 2. The minimum atomic E-state index is -0.938. The molecule has 1 heterocycles. The number of nitrogens with zero attached hydrogens (tertiary/aromatic N) is 2. The molecule has 0 bridgehead atoms. The normalized spacial score (nSPS) is 11.0. The van der Waals surface area contributed by atoms with E-state index in [0.29, 0.717) is 11.0 Å². The summed E-state index contributed by atoms with van der Waals surface area (Å²) >= 11 is 0. The summed E-state index contributed by atoms with van der Waals surface area (Å²) in [6, 6.07) is 13.3. The Kier molecular flexibility index (Phi) is 3.22. The molecule has 0 amide bonds. The molecule has 0 aliphatic rings. The Morgan fingerprint density at radius 2 is 1.90 bits per heavy atom. The number of carboxylic acid groups (broad SMARTS) is 1. The third kappa shape index (κ3) is 2.18. The predicted octanol–water partition coefficient (Wildman–Crippen LogP) is 3.59. The average Bonchev–Trinajstić information content (AvgIpc) is 2.83. The Bertz CT molecular complexity index is 817. The van der Waals surface area contributed by atoms with Crippen LogP contribution in [0.5, 0.6) is 0 Å². The van der Waals surface area contributed by atoms with Crippen molar-refractivity contribution < 1.29 is 9.90 Å². The smallest absolute Gasteiger partial charge is 0.337 e. The average molecular weight is 280 g/mol. The molecule has 0 saturated carbocycles. The molecular weight excluding hydrogens is 264 g/mol. The van der Waals surface area contributed by atoms with Crippen LogP contribution < -0.4 is 0 Å². The molecule has 1 N–H and O–H groups in total. The fraction of sp³-hybridized carbons (Fsp3) is 0.176. The number of benzene rings is 2. The summed E-state index contributed by atoms with van der Waals surface area (Å²) in [6.07, 6.45) is 0.977. The summed E-state index contributed by atoms with van der Waals surface area (Å²) in [5.74, 6) is -0.158. The lowest BCUT2D eigenvalue weighted by Gasteiger charge is -2.09. The van der Waals surface area contributed by atoms with E-state index in [0.717, 1.165) is 17.9 Å². The zero-order valence-corrected chi connectivity index (χ0v) is 12.0. The Hall–Kier alpha value is -2.62. The van der Waals surface area contributed by atoms with Crippen molar-refractivity contribution in [1.29, 1.82) is 0 Å². The first-order chi connectivity index (χ1) is 10.1. The minimum Gasteiger partial charge on any atom is -0.478 e. The van der Waals surface area contributed by atoms with E-state index >= 15 is 0 Å². The fourth-order valence-corrected chi connectivity index (χ4v) is 2.61. The number of imidazole rings is 1. The number of carboxylic acids is 1. The maximum atomic E-state index is 11.5. The van der Waals surface area contributed by atoms with Crippen molar-refractivity contribution in [1.82, 2.24) is 9.55 Å². The van der Waals surface area contributed by atoms with Crippen molar-refractivity contribution in [3.63, 3.8) is 0 Å². The van der Waals surface area contributed by atoms with Gasteiger partial charge in [-0.3, -0.25) is 4.57 Å². The third-order valence-electron chi connectivity index (χ3n) is 3.68. The second-order valence-corrected chi connectivity index (χ2v) is 4.99. The molecule has 2 aromatic carbocycles. The van der Waals surface area contributed by atoms with Crippen LogP contribution in [0.25, 0.3) is 16.7 Å². The van der Waals surface area contributed by atoms with Crippen molar-refractivity contribution >= 4 is 17.0 Å². The SMILES string of the molecule is CCc1ccc(-n2c(C)nc3cccc(C(=O)O)c32)cc1. The first-order valence-electron chi connectivity index (χ1n) is 6.92. The van der Waals surface area contributed by atoms with Gasteiger partial charge in [-0.15, -0.1) is 0 Å². The number of rotatable bonds is 3. The third-order valence-corrected chi connectivity index (χ3v) is 3.68. The van der Waals surface area contributed by atoms with Gasteiger partial charge in [0.2, 0.25) is 0 Å². The second kappa shape index (κ2) is 5.05. The monoisotopic (exact) mass is 280 g/mol. The van der Waals surface area contributed by atoms with Crippen molar-refractivity contribution in [2.75, 3.05) is 0 Å². The van der Waals surface area contributed by atoms with Gasteiger partial charge < -0.3 is 5.11 Å². The van der Waals surface area contributed by atoms with Gasteiger partial charge in [0.1, 0.15) is 5.82 Å². The van der Waals surface area contributed by atoms with Crippen LogP contribution in [0.15, 0.2) is 42.5 Å². The molecule has 1 aromatic heterocycles. The summed E-state index contributed by atoms with van der Waals surface area (Å²) in [6.45, 7) is 3.99. The molecule has 0 aliphatic carbocycles. The molecular formula is C17H16N2O2. The summed E-state index contributed by atoms with van der Waals surface area (Å²) in [4.78, 5) is 15.9. The topological polar surface area (TPSA) is 55.1 Å². The predicted molar refractivity (Wildman–Crippen MR) is 82.1 cm³/mol. The zero-order valence-electron chi connectivity index (χ0n) is 12.0. The van der Waals surface area contributed by atoms with Gasteiger partial charge in [0.25, 0.3) is 0 Å².